The second kappa shape index (κ2) is 4.14. The van der Waals surface area contributed by atoms with E-state index < -0.39 is 11.9 Å². The molecular formula is C9H7F3N2O. The molecule has 0 N–H and O–H groups in total. The highest BCUT2D eigenvalue weighted by atomic mass is 19.4. The van der Waals surface area contributed by atoms with E-state index in [-0.39, 0.29) is 5.56 Å². The van der Waals surface area contributed by atoms with Crippen LogP contribution >= 0.6 is 0 Å². The number of hydrogen-bond donors (Lipinski definition) is 0. The lowest BCUT2D eigenvalue weighted by atomic mass is 10.1. The maximum atomic E-state index is 12.3. The summed E-state index contributed by atoms with van der Waals surface area (Å²) in [5.74, 6) is 0.429. The molecular weight excluding hydrogens is 209 g/mol. The number of hydrogen-bond acceptors (Lipinski definition) is 1. The summed E-state index contributed by atoms with van der Waals surface area (Å²) in [7, 11) is 1.40. The van der Waals surface area contributed by atoms with Crippen LogP contribution in [0.1, 0.15) is 5.56 Å². The molecule has 0 heterocycles. The zero-order valence-corrected chi connectivity index (χ0v) is 7.75. The zero-order chi connectivity index (χ0) is 11.5. The second-order valence-corrected chi connectivity index (χ2v) is 2.67. The van der Waals surface area contributed by atoms with Crippen molar-refractivity contribution in [2.24, 2.45) is 0 Å². The third kappa shape index (κ3) is 2.57. The molecule has 0 unspecified atom stereocenters. The van der Waals surface area contributed by atoms with Crippen LogP contribution < -0.4 is 4.74 Å². The van der Waals surface area contributed by atoms with Gasteiger partial charge in [-0.3, -0.25) is 0 Å². The summed E-state index contributed by atoms with van der Waals surface area (Å²) in [4.78, 5) is 2.24. The molecule has 0 spiro atoms. The van der Waals surface area contributed by atoms with E-state index in [1.54, 1.807) is 0 Å². The van der Waals surface area contributed by atoms with Gasteiger partial charge in [-0.15, -0.1) is 0 Å². The van der Waals surface area contributed by atoms with Crippen molar-refractivity contribution in [1.82, 2.24) is 0 Å². The minimum absolute atomic E-state index is 0.217. The number of nitrogens with zero attached hydrogens (tertiary/aromatic N) is 2. The quantitative estimate of drug-likeness (QED) is 0.425. The largest absolute Gasteiger partial charge is 0.497 e. The van der Waals surface area contributed by atoms with Crippen molar-refractivity contribution in [3.05, 3.63) is 35.4 Å². The first kappa shape index (κ1) is 11.3. The Morgan fingerprint density at radius 3 is 2.13 bits per heavy atom. The van der Waals surface area contributed by atoms with Crippen molar-refractivity contribution in [2.75, 3.05) is 7.11 Å². The SMILES string of the molecule is COc1ccc(C(=[N+]=[N-])C(F)(F)F)cc1. The van der Waals surface area contributed by atoms with Crippen molar-refractivity contribution < 1.29 is 22.7 Å². The van der Waals surface area contributed by atoms with Gasteiger partial charge in [-0.05, 0) is 24.3 Å². The average Bonchev–Trinajstić information content (AvgIpc) is 2.18. The maximum absolute atomic E-state index is 12.3. The van der Waals surface area contributed by atoms with Gasteiger partial charge >= 0.3 is 11.9 Å². The number of rotatable bonds is 2. The Bertz CT molecular complexity index is 391. The van der Waals surface area contributed by atoms with Crippen LogP contribution in [-0.4, -0.2) is 23.8 Å². The second-order valence-electron chi connectivity index (χ2n) is 2.67. The van der Waals surface area contributed by atoms with E-state index in [1.807, 2.05) is 0 Å². The lowest BCUT2D eigenvalue weighted by Gasteiger charge is -2.02. The van der Waals surface area contributed by atoms with Crippen molar-refractivity contribution in [1.29, 1.82) is 0 Å². The van der Waals surface area contributed by atoms with Crippen LogP contribution in [-0.2, 0) is 0 Å². The minimum Gasteiger partial charge on any atom is -0.497 e. The van der Waals surface area contributed by atoms with E-state index in [4.69, 9.17) is 10.3 Å². The normalized spacial score (nSPS) is 10.7. The standard InChI is InChI=1S/C9H7F3N2O/c1-15-7-4-2-6(3-5-7)8(14-13)9(10,11)12/h2-5H,1H3. The number of methoxy groups -OCH3 is 1. The van der Waals surface area contributed by atoms with Gasteiger partial charge in [0.15, 0.2) is 0 Å². The predicted octanol–water partition coefficient (Wildman–Crippen LogP) is 2.28. The van der Waals surface area contributed by atoms with Crippen molar-refractivity contribution in [2.45, 2.75) is 6.18 Å². The molecule has 0 aliphatic heterocycles. The van der Waals surface area contributed by atoms with E-state index in [0.29, 0.717) is 5.75 Å². The fourth-order valence-electron chi connectivity index (χ4n) is 1.03. The van der Waals surface area contributed by atoms with E-state index in [1.165, 1.54) is 31.4 Å². The molecule has 0 radical (unpaired) electrons. The van der Waals surface area contributed by atoms with Crippen molar-refractivity contribution in [3.63, 3.8) is 0 Å². The Kier molecular flexibility index (Phi) is 3.11. The summed E-state index contributed by atoms with van der Waals surface area (Å²) >= 11 is 0. The molecule has 0 aliphatic rings. The van der Waals surface area contributed by atoms with Crippen LogP contribution in [0.4, 0.5) is 13.2 Å². The summed E-state index contributed by atoms with van der Waals surface area (Å²) in [5, 5.41) is 0. The van der Waals surface area contributed by atoms with E-state index in [9.17, 15) is 13.2 Å². The molecule has 1 aromatic carbocycles. The highest BCUT2D eigenvalue weighted by molar-refractivity contribution is 6.00. The monoisotopic (exact) mass is 216 g/mol. The molecule has 0 aliphatic carbocycles. The smallest absolute Gasteiger partial charge is 0.495 e. The van der Waals surface area contributed by atoms with Gasteiger partial charge in [0.25, 0.3) is 0 Å². The van der Waals surface area contributed by atoms with E-state index in [0.717, 1.165) is 0 Å². The van der Waals surface area contributed by atoms with Gasteiger partial charge in [-0.25, -0.2) is 0 Å². The highest BCUT2D eigenvalue weighted by Gasteiger charge is 2.45. The summed E-state index contributed by atoms with van der Waals surface area (Å²) in [5.41, 5.74) is 6.73. The molecule has 1 aromatic rings. The Hall–Kier alpha value is -1.81. The van der Waals surface area contributed by atoms with Crippen LogP contribution in [0.3, 0.4) is 0 Å². The minimum atomic E-state index is -4.68. The van der Waals surface area contributed by atoms with Crippen LogP contribution in [0.5, 0.6) is 5.75 Å². The van der Waals surface area contributed by atoms with Crippen LogP contribution in [0.2, 0.25) is 0 Å². The summed E-state index contributed by atoms with van der Waals surface area (Å²) < 4.78 is 41.6. The molecule has 0 amide bonds. The van der Waals surface area contributed by atoms with Gasteiger partial charge < -0.3 is 10.3 Å². The molecule has 0 saturated heterocycles. The van der Waals surface area contributed by atoms with Crippen LogP contribution in [0.25, 0.3) is 5.53 Å². The Labute approximate surface area is 83.7 Å². The van der Waals surface area contributed by atoms with Crippen LogP contribution in [0.15, 0.2) is 24.3 Å². The lowest BCUT2D eigenvalue weighted by Crippen LogP contribution is -2.24. The summed E-state index contributed by atoms with van der Waals surface area (Å²) in [6.45, 7) is 0. The molecule has 3 nitrogen and oxygen atoms in total. The van der Waals surface area contributed by atoms with E-state index in [2.05, 4.69) is 4.79 Å². The van der Waals surface area contributed by atoms with Crippen LogP contribution in [0, 0.1) is 0 Å². The van der Waals surface area contributed by atoms with E-state index >= 15 is 0 Å². The fourth-order valence-corrected chi connectivity index (χ4v) is 1.03. The first-order valence-corrected chi connectivity index (χ1v) is 3.92. The third-order valence-corrected chi connectivity index (χ3v) is 1.73. The summed E-state index contributed by atoms with van der Waals surface area (Å²) in [6.07, 6.45) is -4.68. The zero-order valence-electron chi connectivity index (χ0n) is 7.75. The molecule has 6 heteroatoms. The molecule has 80 valence electrons. The number of ether oxygens (including phenoxy) is 1. The Morgan fingerprint density at radius 1 is 1.27 bits per heavy atom. The highest BCUT2D eigenvalue weighted by Crippen LogP contribution is 2.22. The molecule has 0 fully saturated rings. The van der Waals surface area contributed by atoms with Gasteiger partial charge in [0, 0.05) is 0 Å². The van der Waals surface area contributed by atoms with Gasteiger partial charge in [0.1, 0.15) is 5.75 Å². The number of benzene rings is 1. The molecule has 15 heavy (non-hydrogen) atoms. The Morgan fingerprint density at radius 2 is 1.80 bits per heavy atom. The molecule has 0 bridgehead atoms. The van der Waals surface area contributed by atoms with Gasteiger partial charge in [-0.2, -0.15) is 18.0 Å². The molecule has 0 aromatic heterocycles. The first-order chi connectivity index (χ1) is 6.99. The average molecular weight is 216 g/mol. The first-order valence-electron chi connectivity index (χ1n) is 3.92. The topological polar surface area (TPSA) is 45.6 Å². The summed E-state index contributed by atoms with van der Waals surface area (Å²) in [6, 6.07) is 5.04. The van der Waals surface area contributed by atoms with Gasteiger partial charge in [0.2, 0.25) is 0 Å². The number of halogens is 3. The fraction of sp³-hybridized carbons (Fsp3) is 0.222. The number of alkyl halides is 3. The lowest BCUT2D eigenvalue weighted by molar-refractivity contribution is -0.111. The Balaban J connectivity index is 3.11. The predicted molar refractivity (Wildman–Crippen MR) is 46.8 cm³/mol. The van der Waals surface area contributed by atoms with Gasteiger partial charge in [0.05, 0.1) is 12.7 Å². The van der Waals surface area contributed by atoms with Gasteiger partial charge in [-0.1, -0.05) is 0 Å². The molecule has 0 atom stereocenters. The molecule has 1 rings (SSSR count). The van der Waals surface area contributed by atoms with Crippen molar-refractivity contribution >= 4 is 5.71 Å². The maximum Gasteiger partial charge on any atom is 0.495 e. The third-order valence-electron chi connectivity index (χ3n) is 1.73. The van der Waals surface area contributed by atoms with Crippen molar-refractivity contribution in [3.8, 4) is 5.75 Å². The molecule has 0 saturated carbocycles.